The van der Waals surface area contributed by atoms with Gasteiger partial charge in [0, 0.05) is 16.0 Å². The molecule has 0 radical (unpaired) electrons. The Morgan fingerprint density at radius 2 is 1.96 bits per heavy atom. The van der Waals surface area contributed by atoms with Crippen molar-refractivity contribution in [1.29, 1.82) is 0 Å². The maximum absolute atomic E-state index is 12.5. The van der Waals surface area contributed by atoms with Gasteiger partial charge in [-0.25, -0.2) is 0 Å². The first kappa shape index (κ1) is 18.3. The van der Waals surface area contributed by atoms with Crippen molar-refractivity contribution in [3.8, 4) is 0 Å². The molecule has 1 N–H and O–H groups in total. The number of thioether (sulfide) groups is 1. The van der Waals surface area contributed by atoms with Crippen molar-refractivity contribution in [2.75, 3.05) is 5.32 Å². The SMILES string of the molecule is CC[C@@H](Sc1ccc(Cl)cc1)C(=O)Nc1cccc([N+](=O)[O-])c1C. The molecule has 2 aromatic rings. The maximum Gasteiger partial charge on any atom is 0.274 e. The molecule has 1 atom stereocenters. The van der Waals surface area contributed by atoms with Gasteiger partial charge in [-0.1, -0.05) is 24.6 Å². The van der Waals surface area contributed by atoms with Gasteiger partial charge in [0.15, 0.2) is 0 Å². The first-order valence-corrected chi connectivity index (χ1v) is 8.65. The molecule has 0 aliphatic rings. The second kappa shape index (κ2) is 8.17. The van der Waals surface area contributed by atoms with Crippen LogP contribution in [0.25, 0.3) is 0 Å². The number of nitrogens with zero attached hydrogens (tertiary/aromatic N) is 1. The van der Waals surface area contributed by atoms with Crippen molar-refractivity contribution in [3.63, 3.8) is 0 Å². The molecule has 0 saturated carbocycles. The molecule has 2 rings (SSSR count). The number of carbonyl (C=O) groups excluding carboxylic acids is 1. The molecule has 0 spiro atoms. The van der Waals surface area contributed by atoms with E-state index in [2.05, 4.69) is 5.32 Å². The zero-order valence-electron chi connectivity index (χ0n) is 13.3. The van der Waals surface area contributed by atoms with Crippen LogP contribution in [0.2, 0.25) is 5.02 Å². The van der Waals surface area contributed by atoms with E-state index in [1.165, 1.54) is 17.8 Å². The Morgan fingerprint density at radius 1 is 1.29 bits per heavy atom. The fourth-order valence-corrected chi connectivity index (χ4v) is 3.25. The monoisotopic (exact) mass is 364 g/mol. The number of nitro groups is 1. The Balaban J connectivity index is 2.13. The van der Waals surface area contributed by atoms with E-state index in [4.69, 9.17) is 11.6 Å². The maximum atomic E-state index is 12.5. The highest BCUT2D eigenvalue weighted by molar-refractivity contribution is 8.00. The molecule has 0 aliphatic carbocycles. The van der Waals surface area contributed by atoms with Crippen LogP contribution in [0, 0.1) is 17.0 Å². The topological polar surface area (TPSA) is 72.2 Å². The molecule has 126 valence electrons. The van der Waals surface area contributed by atoms with Crippen molar-refractivity contribution >= 4 is 40.6 Å². The zero-order valence-corrected chi connectivity index (χ0v) is 14.9. The number of halogens is 1. The number of nitro benzene ring substituents is 1. The predicted molar refractivity (Wildman–Crippen MR) is 97.9 cm³/mol. The van der Waals surface area contributed by atoms with Gasteiger partial charge in [0.05, 0.1) is 21.4 Å². The first-order chi connectivity index (χ1) is 11.4. The molecule has 0 fully saturated rings. The molecule has 0 saturated heterocycles. The number of hydrogen-bond acceptors (Lipinski definition) is 4. The number of benzene rings is 2. The minimum absolute atomic E-state index is 0.00815. The minimum atomic E-state index is -0.454. The van der Waals surface area contributed by atoms with Crippen molar-refractivity contribution < 1.29 is 9.72 Å². The summed E-state index contributed by atoms with van der Waals surface area (Å²) in [7, 11) is 0. The number of anilines is 1. The Kier molecular flexibility index (Phi) is 6.23. The Morgan fingerprint density at radius 3 is 2.54 bits per heavy atom. The lowest BCUT2D eigenvalue weighted by Gasteiger charge is -2.16. The van der Waals surface area contributed by atoms with Crippen LogP contribution >= 0.6 is 23.4 Å². The van der Waals surface area contributed by atoms with Gasteiger partial charge in [0.25, 0.3) is 5.69 Å². The van der Waals surface area contributed by atoms with Gasteiger partial charge in [0.2, 0.25) is 5.91 Å². The molecular weight excluding hydrogens is 348 g/mol. The van der Waals surface area contributed by atoms with Gasteiger partial charge in [-0.05, 0) is 43.7 Å². The van der Waals surface area contributed by atoms with Crippen LogP contribution in [0.15, 0.2) is 47.4 Å². The van der Waals surface area contributed by atoms with Gasteiger partial charge in [-0.15, -0.1) is 11.8 Å². The van der Waals surface area contributed by atoms with Crippen LogP contribution in [0.5, 0.6) is 0 Å². The van der Waals surface area contributed by atoms with Gasteiger partial charge in [-0.3, -0.25) is 14.9 Å². The minimum Gasteiger partial charge on any atom is -0.325 e. The number of hydrogen-bond donors (Lipinski definition) is 1. The summed E-state index contributed by atoms with van der Waals surface area (Å²) in [6.07, 6.45) is 0.632. The average Bonchev–Trinajstić information content (AvgIpc) is 2.55. The highest BCUT2D eigenvalue weighted by atomic mass is 35.5. The van der Waals surface area contributed by atoms with Crippen LogP contribution in [0.3, 0.4) is 0 Å². The highest BCUT2D eigenvalue weighted by Crippen LogP contribution is 2.29. The van der Waals surface area contributed by atoms with E-state index in [1.807, 2.05) is 19.1 Å². The third kappa shape index (κ3) is 4.49. The highest BCUT2D eigenvalue weighted by Gasteiger charge is 2.20. The number of rotatable bonds is 6. The summed E-state index contributed by atoms with van der Waals surface area (Å²) in [5.41, 5.74) is 0.901. The summed E-state index contributed by atoms with van der Waals surface area (Å²) < 4.78 is 0. The molecule has 0 aliphatic heterocycles. The molecule has 0 aromatic heterocycles. The molecule has 0 bridgehead atoms. The molecule has 7 heteroatoms. The van der Waals surface area contributed by atoms with E-state index < -0.39 is 4.92 Å². The fraction of sp³-hybridized carbons (Fsp3) is 0.235. The van der Waals surface area contributed by atoms with Crippen LogP contribution in [-0.4, -0.2) is 16.1 Å². The number of nitrogens with one attached hydrogen (secondary N) is 1. The Bertz CT molecular complexity index is 750. The third-order valence-electron chi connectivity index (χ3n) is 3.51. The lowest BCUT2D eigenvalue weighted by Crippen LogP contribution is -2.25. The molecule has 1 amide bonds. The van der Waals surface area contributed by atoms with Crippen molar-refractivity contribution in [1.82, 2.24) is 0 Å². The van der Waals surface area contributed by atoms with Crippen molar-refractivity contribution in [2.24, 2.45) is 0 Å². The summed E-state index contributed by atoms with van der Waals surface area (Å²) in [5.74, 6) is -0.180. The van der Waals surface area contributed by atoms with Crippen LogP contribution in [0.4, 0.5) is 11.4 Å². The van der Waals surface area contributed by atoms with E-state index >= 15 is 0 Å². The van der Waals surface area contributed by atoms with E-state index in [0.717, 1.165) is 4.90 Å². The quantitative estimate of drug-likeness (QED) is 0.441. The second-order valence-corrected chi connectivity index (χ2v) is 6.88. The Hall–Kier alpha value is -2.05. The zero-order chi connectivity index (χ0) is 17.7. The van der Waals surface area contributed by atoms with Crippen LogP contribution in [0.1, 0.15) is 18.9 Å². The fourth-order valence-electron chi connectivity index (χ4n) is 2.17. The molecule has 0 unspecified atom stereocenters. The number of amides is 1. The molecule has 5 nitrogen and oxygen atoms in total. The Labute approximate surface area is 149 Å². The van der Waals surface area contributed by atoms with E-state index in [1.54, 1.807) is 31.2 Å². The number of carbonyl (C=O) groups is 1. The van der Waals surface area contributed by atoms with Gasteiger partial charge < -0.3 is 5.32 Å². The standard InChI is InChI=1S/C17H17ClN2O3S/c1-3-16(24-13-9-7-12(18)8-10-13)17(21)19-14-5-4-6-15(11(14)2)20(22)23/h4-10,16H,3H2,1-2H3,(H,19,21)/t16-/m1/s1. The second-order valence-electron chi connectivity index (χ2n) is 5.16. The normalized spacial score (nSPS) is 11.8. The molecule has 2 aromatic carbocycles. The van der Waals surface area contributed by atoms with Gasteiger partial charge in [-0.2, -0.15) is 0 Å². The summed E-state index contributed by atoms with van der Waals surface area (Å²) in [4.78, 5) is 24.0. The van der Waals surface area contributed by atoms with Gasteiger partial charge >= 0.3 is 0 Å². The molecule has 24 heavy (non-hydrogen) atoms. The predicted octanol–water partition coefficient (Wildman–Crippen LogP) is 5.07. The van der Waals surface area contributed by atoms with Crippen LogP contribution in [-0.2, 0) is 4.79 Å². The van der Waals surface area contributed by atoms with Gasteiger partial charge in [0.1, 0.15) is 0 Å². The smallest absolute Gasteiger partial charge is 0.274 e. The molecular formula is C17H17ClN2O3S. The summed E-state index contributed by atoms with van der Waals surface area (Å²) in [6, 6.07) is 11.9. The van der Waals surface area contributed by atoms with Crippen LogP contribution < -0.4 is 5.32 Å². The lowest BCUT2D eigenvalue weighted by atomic mass is 10.1. The van der Waals surface area contributed by atoms with E-state index in [-0.39, 0.29) is 16.8 Å². The average molecular weight is 365 g/mol. The largest absolute Gasteiger partial charge is 0.325 e. The lowest BCUT2D eigenvalue weighted by molar-refractivity contribution is -0.385. The summed E-state index contributed by atoms with van der Waals surface area (Å²) in [5, 5.41) is 14.1. The van der Waals surface area contributed by atoms with Crippen molar-refractivity contribution in [3.05, 3.63) is 63.2 Å². The first-order valence-electron chi connectivity index (χ1n) is 7.39. The van der Waals surface area contributed by atoms with Crippen molar-refractivity contribution in [2.45, 2.75) is 30.4 Å². The molecule has 0 heterocycles. The van der Waals surface area contributed by atoms with E-state index in [9.17, 15) is 14.9 Å². The summed E-state index contributed by atoms with van der Waals surface area (Å²) >= 11 is 7.30. The summed E-state index contributed by atoms with van der Waals surface area (Å²) in [6.45, 7) is 3.55. The van der Waals surface area contributed by atoms with E-state index in [0.29, 0.717) is 22.7 Å². The third-order valence-corrected chi connectivity index (χ3v) is 5.14.